The summed E-state index contributed by atoms with van der Waals surface area (Å²) in [7, 11) is 1.92. The van der Waals surface area contributed by atoms with Crippen LogP contribution < -0.4 is 4.74 Å². The van der Waals surface area contributed by atoms with Crippen LogP contribution in [-0.2, 0) is 13.7 Å². The molecule has 3 rings (SSSR count). The molecule has 0 aliphatic carbocycles. The molecule has 0 N–H and O–H groups in total. The van der Waals surface area contributed by atoms with Crippen LogP contribution in [0.4, 0.5) is 0 Å². The number of nitrogens with zero attached hydrogens (tertiary/aromatic N) is 2. The van der Waals surface area contributed by atoms with Gasteiger partial charge in [-0.25, -0.2) is 4.98 Å². The van der Waals surface area contributed by atoms with Crippen molar-refractivity contribution >= 4 is 39.1 Å². The van der Waals surface area contributed by atoms with Crippen LogP contribution in [0.1, 0.15) is 21.1 Å². The van der Waals surface area contributed by atoms with E-state index < -0.39 is 0 Å². The highest BCUT2D eigenvalue weighted by Gasteiger charge is 2.04. The molecule has 4 nitrogen and oxygen atoms in total. The lowest BCUT2D eigenvalue weighted by Gasteiger charge is -2.06. The number of hydrogen-bond donors (Lipinski definition) is 0. The smallest absolute Gasteiger partial charge is 0.185 e. The topological polar surface area (TPSA) is 44.1 Å². The lowest BCUT2D eigenvalue weighted by atomic mass is 10.1. The van der Waals surface area contributed by atoms with Crippen molar-refractivity contribution in [3.8, 4) is 5.75 Å². The maximum Gasteiger partial charge on any atom is 0.185 e. The molecule has 0 bridgehead atoms. The highest BCUT2D eigenvalue weighted by atomic mass is 79.9. The first-order valence-corrected chi connectivity index (χ1v) is 8.94. The number of thiophene rings is 1. The summed E-state index contributed by atoms with van der Waals surface area (Å²) in [4.78, 5) is 17.4. The molecule has 0 atom stereocenters. The Hall–Kier alpha value is -2.18. The van der Waals surface area contributed by atoms with Crippen molar-refractivity contribution in [2.75, 3.05) is 0 Å². The first-order valence-electron chi connectivity index (χ1n) is 7.27. The molecular weight excluding hydrogens is 388 g/mol. The van der Waals surface area contributed by atoms with E-state index in [1.165, 1.54) is 0 Å². The molecule has 0 radical (unpaired) electrons. The lowest BCUT2D eigenvalue weighted by molar-refractivity contribution is 0.104. The van der Waals surface area contributed by atoms with Gasteiger partial charge in [0.25, 0.3) is 0 Å². The van der Waals surface area contributed by atoms with Gasteiger partial charge >= 0.3 is 0 Å². The first-order chi connectivity index (χ1) is 11.6. The number of ketones is 1. The predicted molar refractivity (Wildman–Crippen MR) is 99.4 cm³/mol. The van der Waals surface area contributed by atoms with E-state index in [4.69, 9.17) is 4.74 Å². The molecule has 24 heavy (non-hydrogen) atoms. The number of aryl methyl sites for hydroxylation is 1. The molecule has 0 amide bonds. The minimum atomic E-state index is -0.0322. The van der Waals surface area contributed by atoms with Gasteiger partial charge in [-0.3, -0.25) is 4.79 Å². The maximum absolute atomic E-state index is 12.2. The Labute approximate surface area is 152 Å². The molecule has 0 fully saturated rings. The molecule has 0 saturated heterocycles. The van der Waals surface area contributed by atoms with Crippen molar-refractivity contribution in [1.82, 2.24) is 9.55 Å². The average Bonchev–Trinajstić information content (AvgIpc) is 3.19. The number of carbonyl (C=O) groups is 1. The number of rotatable bonds is 6. The van der Waals surface area contributed by atoms with Crippen LogP contribution in [0.5, 0.6) is 5.75 Å². The van der Waals surface area contributed by atoms with E-state index in [1.54, 1.807) is 47.9 Å². The van der Waals surface area contributed by atoms with Crippen LogP contribution in [0.3, 0.4) is 0 Å². The second kappa shape index (κ2) is 7.59. The van der Waals surface area contributed by atoms with Gasteiger partial charge in [0.2, 0.25) is 0 Å². The van der Waals surface area contributed by atoms with Crippen LogP contribution in [0, 0.1) is 0 Å². The van der Waals surface area contributed by atoms with Crippen molar-refractivity contribution < 1.29 is 9.53 Å². The van der Waals surface area contributed by atoms with Crippen molar-refractivity contribution in [2.45, 2.75) is 6.61 Å². The summed E-state index contributed by atoms with van der Waals surface area (Å²) < 4.78 is 8.61. The number of hydrogen-bond acceptors (Lipinski definition) is 4. The quantitative estimate of drug-likeness (QED) is 0.442. The number of benzene rings is 1. The van der Waals surface area contributed by atoms with Crippen molar-refractivity contribution in [3.05, 3.63) is 74.9 Å². The third-order valence-electron chi connectivity index (χ3n) is 3.41. The molecule has 2 heterocycles. The normalized spacial score (nSPS) is 11.1. The fourth-order valence-electron chi connectivity index (χ4n) is 2.07. The number of imidazole rings is 1. The molecule has 0 unspecified atom stereocenters. The van der Waals surface area contributed by atoms with Gasteiger partial charge in [0.05, 0.1) is 0 Å². The summed E-state index contributed by atoms with van der Waals surface area (Å²) in [6, 6.07) is 9.11. The molecule has 0 aliphatic heterocycles. The van der Waals surface area contributed by atoms with Gasteiger partial charge in [0.1, 0.15) is 18.2 Å². The third-order valence-corrected chi connectivity index (χ3v) is 5.07. The third kappa shape index (κ3) is 4.21. The van der Waals surface area contributed by atoms with Crippen molar-refractivity contribution in [2.24, 2.45) is 7.05 Å². The average molecular weight is 403 g/mol. The lowest BCUT2D eigenvalue weighted by Crippen LogP contribution is -2.03. The Morgan fingerprint density at radius 1 is 1.38 bits per heavy atom. The molecule has 122 valence electrons. The largest absolute Gasteiger partial charge is 0.486 e. The zero-order valence-corrected chi connectivity index (χ0v) is 15.4. The van der Waals surface area contributed by atoms with E-state index in [-0.39, 0.29) is 5.78 Å². The minimum Gasteiger partial charge on any atom is -0.486 e. The van der Waals surface area contributed by atoms with Crippen LogP contribution in [0.2, 0.25) is 0 Å². The van der Waals surface area contributed by atoms with Gasteiger partial charge in [-0.1, -0.05) is 0 Å². The summed E-state index contributed by atoms with van der Waals surface area (Å²) in [5.74, 6) is 1.52. The van der Waals surface area contributed by atoms with E-state index >= 15 is 0 Å². The number of ether oxygens (including phenoxy) is 1. The zero-order valence-electron chi connectivity index (χ0n) is 13.0. The molecule has 2 aromatic heterocycles. The van der Waals surface area contributed by atoms with E-state index in [9.17, 15) is 4.79 Å². The van der Waals surface area contributed by atoms with Crippen LogP contribution in [0.25, 0.3) is 6.08 Å². The highest BCUT2D eigenvalue weighted by Crippen LogP contribution is 2.21. The van der Waals surface area contributed by atoms with Gasteiger partial charge in [-0.05, 0) is 58.4 Å². The predicted octanol–water partition coefficient (Wildman–Crippen LogP) is 4.72. The number of allylic oxidation sites excluding steroid dienone is 1. The maximum atomic E-state index is 12.2. The van der Waals surface area contributed by atoms with Crippen LogP contribution in [-0.4, -0.2) is 15.3 Å². The molecule has 0 saturated carbocycles. The Kier molecular flexibility index (Phi) is 5.27. The van der Waals surface area contributed by atoms with Crippen molar-refractivity contribution in [1.29, 1.82) is 0 Å². The number of halogens is 1. The van der Waals surface area contributed by atoms with E-state index in [2.05, 4.69) is 20.9 Å². The van der Waals surface area contributed by atoms with Crippen molar-refractivity contribution in [3.63, 3.8) is 0 Å². The Morgan fingerprint density at radius 2 is 2.17 bits per heavy atom. The Bertz CT molecular complexity index is 865. The van der Waals surface area contributed by atoms with Crippen LogP contribution in [0.15, 0.2) is 58.7 Å². The molecule has 1 aromatic carbocycles. The highest BCUT2D eigenvalue weighted by molar-refractivity contribution is 9.10. The van der Waals surface area contributed by atoms with Gasteiger partial charge < -0.3 is 9.30 Å². The molecule has 0 spiro atoms. The summed E-state index contributed by atoms with van der Waals surface area (Å²) in [5, 5.41) is 1.98. The SMILES string of the molecule is Cn1ccnc1COc1ccc(C(=O)/C=C/c2cc(Br)cs2)cc1. The summed E-state index contributed by atoms with van der Waals surface area (Å²) >= 11 is 4.98. The Balaban J connectivity index is 1.60. The molecular formula is C18H15BrN2O2S. The Morgan fingerprint density at radius 3 is 2.79 bits per heavy atom. The van der Waals surface area contributed by atoms with E-state index in [1.807, 2.05) is 35.3 Å². The minimum absolute atomic E-state index is 0.0322. The second-order valence-corrected chi connectivity index (χ2v) is 6.99. The molecule has 3 aromatic rings. The summed E-state index contributed by atoms with van der Waals surface area (Å²) in [6.07, 6.45) is 7.02. The first kappa shape index (κ1) is 16.7. The fourth-order valence-corrected chi connectivity index (χ4v) is 3.41. The summed E-state index contributed by atoms with van der Waals surface area (Å²) in [5.41, 5.74) is 0.631. The standard InChI is InChI=1S/C18H15BrN2O2S/c1-21-9-8-20-18(21)11-23-15-4-2-13(3-5-15)17(22)7-6-16-10-14(19)12-24-16/h2-10,12H,11H2,1H3/b7-6+. The van der Waals surface area contributed by atoms with Gasteiger partial charge in [0, 0.05) is 39.7 Å². The van der Waals surface area contributed by atoms with E-state index in [0.717, 1.165) is 15.2 Å². The monoisotopic (exact) mass is 402 g/mol. The molecule has 0 aliphatic rings. The molecule has 6 heteroatoms. The van der Waals surface area contributed by atoms with Gasteiger partial charge in [0.15, 0.2) is 5.78 Å². The second-order valence-electron chi connectivity index (χ2n) is 5.13. The van der Waals surface area contributed by atoms with Gasteiger partial charge in [-0.2, -0.15) is 0 Å². The van der Waals surface area contributed by atoms with Gasteiger partial charge in [-0.15, -0.1) is 11.3 Å². The van der Waals surface area contributed by atoms with E-state index in [0.29, 0.717) is 17.9 Å². The number of carbonyl (C=O) groups excluding carboxylic acids is 1. The zero-order chi connectivity index (χ0) is 16.9. The van der Waals surface area contributed by atoms with Crippen LogP contribution >= 0.6 is 27.3 Å². The fraction of sp³-hybridized carbons (Fsp3) is 0.111. The summed E-state index contributed by atoms with van der Waals surface area (Å²) in [6.45, 7) is 0.393. The number of aromatic nitrogens is 2.